The van der Waals surface area contributed by atoms with E-state index in [0.717, 1.165) is 36.4 Å². The Bertz CT molecular complexity index is 830. The van der Waals surface area contributed by atoms with E-state index in [-0.39, 0.29) is 5.54 Å². The molecule has 0 aliphatic rings. The van der Waals surface area contributed by atoms with Gasteiger partial charge in [-0.05, 0) is 37.5 Å². The number of ether oxygens (including phenoxy) is 1. The summed E-state index contributed by atoms with van der Waals surface area (Å²) in [5.74, 6) is 0.932. The summed E-state index contributed by atoms with van der Waals surface area (Å²) >= 11 is 0. The quantitative estimate of drug-likeness (QED) is 0.544. The molecule has 1 aromatic heterocycles. The van der Waals surface area contributed by atoms with Gasteiger partial charge in [-0.15, -0.1) is 0 Å². The van der Waals surface area contributed by atoms with Crippen molar-refractivity contribution in [1.29, 1.82) is 0 Å². The average molecular weight is 364 g/mol. The second-order valence-electron chi connectivity index (χ2n) is 6.99. The Labute approximate surface area is 162 Å². The zero-order valence-corrected chi connectivity index (χ0v) is 16.5. The molecule has 1 atom stereocenters. The predicted molar refractivity (Wildman–Crippen MR) is 111 cm³/mol. The Kier molecular flexibility index (Phi) is 6.30. The normalized spacial score (nSPS) is 13.3. The number of nitrogens with zero attached hydrogens (tertiary/aromatic N) is 1. The van der Waals surface area contributed by atoms with Gasteiger partial charge in [0, 0.05) is 18.3 Å². The molecular weight excluding hydrogens is 334 g/mol. The molecule has 1 heterocycles. The molecule has 3 aromatic rings. The van der Waals surface area contributed by atoms with Gasteiger partial charge in [-0.25, -0.2) is 4.98 Å². The summed E-state index contributed by atoms with van der Waals surface area (Å²) in [5, 5.41) is 3.77. The lowest BCUT2D eigenvalue weighted by Crippen LogP contribution is -2.39. The van der Waals surface area contributed by atoms with Crippen LogP contribution in [-0.2, 0) is 12.1 Å². The summed E-state index contributed by atoms with van der Waals surface area (Å²) in [5.41, 5.74) is 4.54. The molecule has 0 bridgehead atoms. The van der Waals surface area contributed by atoms with Crippen molar-refractivity contribution in [3.8, 4) is 16.9 Å². The lowest BCUT2D eigenvalue weighted by Gasteiger charge is -2.30. The third kappa shape index (κ3) is 4.40. The Balaban J connectivity index is 1.93. The SMILES string of the molecule is CCCC(C)(NCc1cccc(OCC)c1-c1ccccc1)c1cnc[nH]1. The molecule has 0 saturated carbocycles. The zero-order valence-electron chi connectivity index (χ0n) is 16.5. The van der Waals surface area contributed by atoms with Crippen LogP contribution in [0.3, 0.4) is 0 Å². The predicted octanol–water partition coefficient (Wildman–Crippen LogP) is 5.28. The number of hydrogen-bond donors (Lipinski definition) is 2. The first-order valence-corrected chi connectivity index (χ1v) is 9.72. The van der Waals surface area contributed by atoms with Crippen LogP contribution in [0.4, 0.5) is 0 Å². The van der Waals surface area contributed by atoms with Crippen LogP contribution < -0.4 is 10.1 Å². The molecule has 27 heavy (non-hydrogen) atoms. The summed E-state index contributed by atoms with van der Waals surface area (Å²) in [7, 11) is 0. The molecule has 0 radical (unpaired) electrons. The van der Waals surface area contributed by atoms with Crippen LogP contribution >= 0.6 is 0 Å². The first kappa shape index (κ1) is 19.2. The van der Waals surface area contributed by atoms with Gasteiger partial charge in [0.25, 0.3) is 0 Å². The first-order chi connectivity index (χ1) is 13.2. The molecule has 0 fully saturated rings. The van der Waals surface area contributed by atoms with Crippen molar-refractivity contribution in [3.05, 3.63) is 72.3 Å². The highest BCUT2D eigenvalue weighted by Crippen LogP contribution is 2.34. The average Bonchev–Trinajstić information content (AvgIpc) is 3.23. The van der Waals surface area contributed by atoms with Crippen LogP contribution in [0, 0.1) is 0 Å². The smallest absolute Gasteiger partial charge is 0.127 e. The molecule has 2 aromatic carbocycles. The maximum atomic E-state index is 5.94. The highest BCUT2D eigenvalue weighted by molar-refractivity contribution is 5.74. The van der Waals surface area contributed by atoms with Gasteiger partial charge in [-0.2, -0.15) is 0 Å². The molecule has 0 aliphatic heterocycles. The molecule has 0 amide bonds. The fourth-order valence-corrected chi connectivity index (χ4v) is 3.60. The van der Waals surface area contributed by atoms with E-state index in [2.05, 4.69) is 71.6 Å². The molecule has 1 unspecified atom stereocenters. The Hall–Kier alpha value is -2.59. The molecule has 2 N–H and O–H groups in total. The van der Waals surface area contributed by atoms with Gasteiger partial charge < -0.3 is 15.0 Å². The van der Waals surface area contributed by atoms with E-state index in [1.54, 1.807) is 6.33 Å². The molecular formula is C23H29N3O. The molecule has 4 nitrogen and oxygen atoms in total. The summed E-state index contributed by atoms with van der Waals surface area (Å²) < 4.78 is 5.94. The minimum atomic E-state index is -0.152. The Morgan fingerprint density at radius 3 is 2.56 bits per heavy atom. The Morgan fingerprint density at radius 1 is 1.07 bits per heavy atom. The molecule has 0 spiro atoms. The summed E-state index contributed by atoms with van der Waals surface area (Å²) in [6.07, 6.45) is 5.78. The molecule has 4 heteroatoms. The summed E-state index contributed by atoms with van der Waals surface area (Å²) in [4.78, 5) is 7.49. The van der Waals surface area contributed by atoms with Crippen LogP contribution in [0.5, 0.6) is 5.75 Å². The van der Waals surface area contributed by atoms with Crippen LogP contribution in [-0.4, -0.2) is 16.6 Å². The van der Waals surface area contributed by atoms with E-state index in [0.29, 0.717) is 6.61 Å². The van der Waals surface area contributed by atoms with Gasteiger partial charge in [0.2, 0.25) is 0 Å². The lowest BCUT2D eigenvalue weighted by molar-refractivity contribution is 0.324. The van der Waals surface area contributed by atoms with Gasteiger partial charge in [-0.3, -0.25) is 0 Å². The van der Waals surface area contributed by atoms with Crippen LogP contribution in [0.25, 0.3) is 11.1 Å². The highest BCUT2D eigenvalue weighted by atomic mass is 16.5. The monoisotopic (exact) mass is 363 g/mol. The van der Waals surface area contributed by atoms with Gasteiger partial charge >= 0.3 is 0 Å². The third-order valence-electron chi connectivity index (χ3n) is 4.99. The summed E-state index contributed by atoms with van der Waals surface area (Å²) in [6, 6.07) is 16.8. The van der Waals surface area contributed by atoms with E-state index in [1.165, 1.54) is 11.1 Å². The molecule has 0 aliphatic carbocycles. The van der Waals surface area contributed by atoms with Crippen LogP contribution in [0.2, 0.25) is 0 Å². The molecule has 0 saturated heterocycles. The number of rotatable bonds is 9. The lowest BCUT2D eigenvalue weighted by atomic mass is 9.91. The minimum Gasteiger partial charge on any atom is -0.493 e. The van der Waals surface area contributed by atoms with Gasteiger partial charge in [0.15, 0.2) is 0 Å². The highest BCUT2D eigenvalue weighted by Gasteiger charge is 2.27. The third-order valence-corrected chi connectivity index (χ3v) is 4.99. The number of aromatic nitrogens is 2. The number of H-pyrrole nitrogens is 1. The molecule has 142 valence electrons. The standard InChI is InChI=1S/C23H29N3O/c1-4-14-23(3,21-16-24-17-25-21)26-15-19-12-9-13-20(27-5-2)22(19)18-10-7-6-8-11-18/h6-13,16-17,26H,4-5,14-15H2,1-3H3,(H,24,25). The molecule has 3 rings (SSSR count). The van der Waals surface area contributed by atoms with Crippen molar-refractivity contribution in [2.75, 3.05) is 6.61 Å². The fourth-order valence-electron chi connectivity index (χ4n) is 3.60. The maximum absolute atomic E-state index is 5.94. The van der Waals surface area contributed by atoms with Crippen molar-refractivity contribution in [2.45, 2.75) is 45.7 Å². The second kappa shape index (κ2) is 8.87. The zero-order chi connectivity index (χ0) is 19.1. The largest absolute Gasteiger partial charge is 0.493 e. The van der Waals surface area contributed by atoms with Gasteiger partial charge in [0.1, 0.15) is 5.75 Å². The van der Waals surface area contributed by atoms with E-state index in [4.69, 9.17) is 4.74 Å². The number of benzene rings is 2. The van der Waals surface area contributed by atoms with Crippen molar-refractivity contribution >= 4 is 0 Å². The van der Waals surface area contributed by atoms with Crippen LogP contribution in [0.15, 0.2) is 61.1 Å². The minimum absolute atomic E-state index is 0.152. The van der Waals surface area contributed by atoms with E-state index >= 15 is 0 Å². The van der Waals surface area contributed by atoms with Crippen molar-refractivity contribution < 1.29 is 4.74 Å². The van der Waals surface area contributed by atoms with Crippen molar-refractivity contribution in [3.63, 3.8) is 0 Å². The van der Waals surface area contributed by atoms with Gasteiger partial charge in [0.05, 0.1) is 24.2 Å². The topological polar surface area (TPSA) is 49.9 Å². The number of nitrogens with one attached hydrogen (secondary N) is 2. The van der Waals surface area contributed by atoms with Crippen molar-refractivity contribution in [2.24, 2.45) is 0 Å². The van der Waals surface area contributed by atoms with Gasteiger partial charge in [-0.1, -0.05) is 55.8 Å². The Morgan fingerprint density at radius 2 is 1.89 bits per heavy atom. The van der Waals surface area contributed by atoms with Crippen molar-refractivity contribution in [1.82, 2.24) is 15.3 Å². The first-order valence-electron chi connectivity index (χ1n) is 9.72. The van der Waals surface area contributed by atoms with E-state index in [1.807, 2.05) is 19.2 Å². The fraction of sp³-hybridized carbons (Fsp3) is 0.348. The maximum Gasteiger partial charge on any atom is 0.127 e. The van der Waals surface area contributed by atoms with E-state index < -0.39 is 0 Å². The van der Waals surface area contributed by atoms with E-state index in [9.17, 15) is 0 Å². The number of imidazole rings is 1. The number of hydrogen-bond acceptors (Lipinski definition) is 3. The summed E-state index contributed by atoms with van der Waals surface area (Å²) in [6.45, 7) is 7.87. The second-order valence-corrected chi connectivity index (χ2v) is 6.99. The number of aromatic amines is 1. The van der Waals surface area contributed by atoms with Crippen LogP contribution in [0.1, 0.15) is 44.9 Å².